The van der Waals surface area contributed by atoms with Crippen LogP contribution in [0.5, 0.6) is 5.75 Å². The standard InChI is InChI=1S/C28H30N6O3S/c1-20(22-8-7-11-25(18-22)38(3,35)36)33-34-27-19-26(29-17-16-21-12-14-24(37-2)15-13-21)31-28(32-27)30-23-9-5-4-6-10-23/h4-15,18-19H,16-17H2,1-3H3,(H3,29,30,31,32,34). The Balaban J connectivity index is 1.52. The van der Waals surface area contributed by atoms with Crippen LogP contribution in [0.1, 0.15) is 18.1 Å². The Morgan fingerprint density at radius 1 is 0.921 bits per heavy atom. The van der Waals surface area contributed by atoms with Gasteiger partial charge in [0.15, 0.2) is 15.7 Å². The normalized spacial score (nSPS) is 11.6. The maximum absolute atomic E-state index is 11.9. The van der Waals surface area contributed by atoms with Gasteiger partial charge in [-0.15, -0.1) is 0 Å². The van der Waals surface area contributed by atoms with E-state index in [1.54, 1.807) is 38.3 Å². The van der Waals surface area contributed by atoms with E-state index in [1.807, 2.05) is 60.7 Å². The molecule has 0 aliphatic carbocycles. The van der Waals surface area contributed by atoms with Crippen molar-refractivity contribution in [1.82, 2.24) is 9.97 Å². The van der Waals surface area contributed by atoms with E-state index in [1.165, 1.54) is 11.8 Å². The van der Waals surface area contributed by atoms with Crippen LogP contribution in [0.25, 0.3) is 0 Å². The number of benzene rings is 3. The third kappa shape index (κ3) is 7.53. The van der Waals surface area contributed by atoms with Gasteiger partial charge in [-0.05, 0) is 60.9 Å². The average molecular weight is 531 g/mol. The summed E-state index contributed by atoms with van der Waals surface area (Å²) >= 11 is 0. The molecule has 1 aromatic heterocycles. The van der Waals surface area contributed by atoms with Crippen molar-refractivity contribution in [2.45, 2.75) is 18.2 Å². The van der Waals surface area contributed by atoms with E-state index in [0.29, 0.717) is 35.4 Å². The molecule has 0 aliphatic rings. The molecule has 4 rings (SSSR count). The van der Waals surface area contributed by atoms with E-state index in [9.17, 15) is 8.42 Å². The Labute approximate surface area is 222 Å². The summed E-state index contributed by atoms with van der Waals surface area (Å²) in [5, 5.41) is 11.0. The lowest BCUT2D eigenvalue weighted by Gasteiger charge is -2.12. The highest BCUT2D eigenvalue weighted by Crippen LogP contribution is 2.19. The predicted octanol–water partition coefficient (Wildman–Crippen LogP) is 5.12. The number of hydrazone groups is 1. The molecule has 10 heteroatoms. The summed E-state index contributed by atoms with van der Waals surface area (Å²) in [6.07, 6.45) is 1.98. The first kappa shape index (κ1) is 26.6. The lowest BCUT2D eigenvalue weighted by atomic mass is 10.1. The molecule has 0 amide bonds. The van der Waals surface area contributed by atoms with Crippen molar-refractivity contribution in [1.29, 1.82) is 0 Å². The first-order valence-corrected chi connectivity index (χ1v) is 13.9. The molecule has 0 bridgehead atoms. The summed E-state index contributed by atoms with van der Waals surface area (Å²) in [6.45, 7) is 2.46. The van der Waals surface area contributed by atoms with Gasteiger partial charge in [-0.25, -0.2) is 8.42 Å². The smallest absolute Gasteiger partial charge is 0.231 e. The van der Waals surface area contributed by atoms with E-state index in [4.69, 9.17) is 4.74 Å². The van der Waals surface area contributed by atoms with Crippen LogP contribution in [0.3, 0.4) is 0 Å². The second-order valence-electron chi connectivity index (χ2n) is 8.59. The monoisotopic (exact) mass is 530 g/mol. The SMILES string of the molecule is COc1ccc(CCNc2cc(NN=C(C)c3cccc(S(C)(=O)=O)c3)nc(Nc3ccccc3)n2)cc1. The van der Waals surface area contributed by atoms with Gasteiger partial charge in [-0.3, -0.25) is 5.43 Å². The van der Waals surface area contributed by atoms with Crippen molar-refractivity contribution < 1.29 is 13.2 Å². The van der Waals surface area contributed by atoms with Gasteiger partial charge in [0.2, 0.25) is 5.95 Å². The number of sulfone groups is 1. The molecule has 196 valence electrons. The lowest BCUT2D eigenvalue weighted by Crippen LogP contribution is -2.10. The topological polar surface area (TPSA) is 118 Å². The maximum Gasteiger partial charge on any atom is 0.231 e. The number of ether oxygens (including phenoxy) is 1. The van der Waals surface area contributed by atoms with Crippen molar-refractivity contribution in [3.63, 3.8) is 0 Å². The van der Waals surface area contributed by atoms with E-state index < -0.39 is 9.84 Å². The van der Waals surface area contributed by atoms with E-state index in [0.717, 1.165) is 17.9 Å². The Morgan fingerprint density at radius 3 is 2.37 bits per heavy atom. The number of para-hydroxylation sites is 1. The molecule has 0 saturated heterocycles. The van der Waals surface area contributed by atoms with Gasteiger partial charge in [0.25, 0.3) is 0 Å². The minimum Gasteiger partial charge on any atom is -0.497 e. The van der Waals surface area contributed by atoms with Gasteiger partial charge < -0.3 is 15.4 Å². The van der Waals surface area contributed by atoms with Crippen molar-refractivity contribution in [2.24, 2.45) is 5.10 Å². The highest BCUT2D eigenvalue weighted by Gasteiger charge is 2.10. The Morgan fingerprint density at radius 2 is 1.66 bits per heavy atom. The number of anilines is 4. The molecule has 0 fully saturated rings. The van der Waals surface area contributed by atoms with Gasteiger partial charge >= 0.3 is 0 Å². The van der Waals surface area contributed by atoms with Crippen LogP contribution < -0.4 is 20.8 Å². The third-order valence-corrected chi connectivity index (χ3v) is 6.76. The fourth-order valence-electron chi connectivity index (χ4n) is 3.59. The van der Waals surface area contributed by atoms with Gasteiger partial charge in [0.05, 0.1) is 17.7 Å². The quantitative estimate of drug-likeness (QED) is 0.181. The number of aromatic nitrogens is 2. The second kappa shape index (κ2) is 12.2. The van der Waals surface area contributed by atoms with Crippen LogP contribution in [-0.4, -0.2) is 44.0 Å². The van der Waals surface area contributed by atoms with E-state index in [-0.39, 0.29) is 4.90 Å². The minimum atomic E-state index is -3.32. The lowest BCUT2D eigenvalue weighted by molar-refractivity contribution is 0.414. The minimum absolute atomic E-state index is 0.240. The molecule has 4 aromatic rings. The molecule has 0 radical (unpaired) electrons. The fourth-order valence-corrected chi connectivity index (χ4v) is 4.25. The van der Waals surface area contributed by atoms with Crippen LogP contribution in [0.15, 0.2) is 94.9 Å². The number of hydrogen-bond acceptors (Lipinski definition) is 9. The molecule has 3 N–H and O–H groups in total. The van der Waals surface area contributed by atoms with Gasteiger partial charge in [0, 0.05) is 24.6 Å². The first-order valence-electron chi connectivity index (χ1n) is 12.0. The molecule has 0 saturated carbocycles. The zero-order valence-corrected chi connectivity index (χ0v) is 22.3. The van der Waals surface area contributed by atoms with Crippen LogP contribution in [0, 0.1) is 0 Å². The molecule has 38 heavy (non-hydrogen) atoms. The van der Waals surface area contributed by atoms with Crippen LogP contribution in [0.4, 0.5) is 23.3 Å². The number of nitrogens with one attached hydrogen (secondary N) is 3. The average Bonchev–Trinajstić information content (AvgIpc) is 2.92. The van der Waals surface area contributed by atoms with Crippen LogP contribution in [-0.2, 0) is 16.3 Å². The molecule has 9 nitrogen and oxygen atoms in total. The number of nitrogens with zero attached hydrogens (tertiary/aromatic N) is 3. The molecule has 0 aliphatic heterocycles. The Hall–Kier alpha value is -4.44. The Kier molecular flexibility index (Phi) is 8.55. The molecule has 3 aromatic carbocycles. The zero-order valence-electron chi connectivity index (χ0n) is 21.5. The maximum atomic E-state index is 11.9. The number of hydrogen-bond donors (Lipinski definition) is 3. The highest BCUT2D eigenvalue weighted by atomic mass is 32.2. The molecular weight excluding hydrogens is 500 g/mol. The van der Waals surface area contributed by atoms with Gasteiger partial charge in [0.1, 0.15) is 11.6 Å². The van der Waals surface area contributed by atoms with Crippen molar-refractivity contribution in [3.05, 3.63) is 96.1 Å². The molecule has 0 spiro atoms. The van der Waals surface area contributed by atoms with Crippen molar-refractivity contribution in [2.75, 3.05) is 36.0 Å². The van der Waals surface area contributed by atoms with Crippen molar-refractivity contribution in [3.8, 4) is 5.75 Å². The summed E-state index contributed by atoms with van der Waals surface area (Å²) in [7, 11) is -1.67. The van der Waals surface area contributed by atoms with Crippen LogP contribution in [0.2, 0.25) is 0 Å². The van der Waals surface area contributed by atoms with Gasteiger partial charge in [-0.1, -0.05) is 42.5 Å². The van der Waals surface area contributed by atoms with Crippen molar-refractivity contribution >= 4 is 38.8 Å². The summed E-state index contributed by atoms with van der Waals surface area (Å²) in [6, 6.07) is 26.0. The number of rotatable bonds is 11. The molecular formula is C28H30N6O3S. The van der Waals surface area contributed by atoms with E-state index >= 15 is 0 Å². The summed E-state index contributed by atoms with van der Waals surface area (Å²) in [4.78, 5) is 9.39. The molecule has 0 atom stereocenters. The zero-order chi connectivity index (χ0) is 27.0. The number of methoxy groups -OCH3 is 1. The Bertz CT molecular complexity index is 1510. The fraction of sp³-hybridized carbons (Fsp3) is 0.179. The first-order chi connectivity index (χ1) is 18.3. The largest absolute Gasteiger partial charge is 0.497 e. The van der Waals surface area contributed by atoms with Crippen LogP contribution >= 0.6 is 0 Å². The summed E-state index contributed by atoms with van der Waals surface area (Å²) < 4.78 is 29.1. The molecule has 0 unspecified atom stereocenters. The van der Waals surface area contributed by atoms with Gasteiger partial charge in [-0.2, -0.15) is 15.1 Å². The van der Waals surface area contributed by atoms with E-state index in [2.05, 4.69) is 31.1 Å². The summed E-state index contributed by atoms with van der Waals surface area (Å²) in [5.41, 5.74) is 6.31. The highest BCUT2D eigenvalue weighted by molar-refractivity contribution is 7.90. The third-order valence-electron chi connectivity index (χ3n) is 5.65. The summed E-state index contributed by atoms with van der Waals surface area (Å²) in [5.74, 6) is 2.33. The predicted molar refractivity (Wildman–Crippen MR) is 152 cm³/mol. The second-order valence-corrected chi connectivity index (χ2v) is 10.6. The molecule has 1 heterocycles.